The topological polar surface area (TPSA) is 82.5 Å². The molecule has 1 atom stereocenters. The molecule has 0 spiro atoms. The van der Waals surface area contributed by atoms with Crippen LogP contribution in [0.2, 0.25) is 0 Å². The third-order valence-corrected chi connectivity index (χ3v) is 4.27. The van der Waals surface area contributed by atoms with Gasteiger partial charge in [0.05, 0.1) is 10.2 Å². The van der Waals surface area contributed by atoms with Gasteiger partial charge in [-0.05, 0) is 35.9 Å². The van der Waals surface area contributed by atoms with Crippen molar-refractivity contribution in [2.75, 3.05) is 0 Å². The Labute approximate surface area is 130 Å². The van der Waals surface area contributed by atoms with Crippen molar-refractivity contribution in [1.82, 2.24) is 4.98 Å². The van der Waals surface area contributed by atoms with Gasteiger partial charge in [-0.2, -0.15) is 0 Å². The molecule has 1 N–H and O–H groups in total. The van der Waals surface area contributed by atoms with E-state index in [2.05, 4.69) is 9.51 Å². The Bertz CT molecular complexity index is 834. The lowest BCUT2D eigenvalue weighted by molar-refractivity contribution is -0.211. The summed E-state index contributed by atoms with van der Waals surface area (Å²) in [5, 5.41) is 0.890. The molecule has 0 saturated carbocycles. The number of phosphoric acid groups is 1. The fourth-order valence-corrected chi connectivity index (χ4v) is 3.16. The summed E-state index contributed by atoms with van der Waals surface area (Å²) in [6.45, 7) is 0. The maximum atomic E-state index is 10.6. The van der Waals surface area contributed by atoms with E-state index >= 15 is 0 Å². The molecule has 0 aliphatic heterocycles. The molecule has 0 aliphatic carbocycles. The first-order valence-electron chi connectivity index (χ1n) is 6.37. The number of thiazole rings is 1. The summed E-state index contributed by atoms with van der Waals surface area (Å²) in [4.78, 5) is 23.7. The zero-order chi connectivity index (χ0) is 15.6. The molecule has 5 nitrogen and oxygen atoms in total. The van der Waals surface area contributed by atoms with Crippen LogP contribution in [0.3, 0.4) is 0 Å². The largest absolute Gasteiger partial charge is 0.746 e. The lowest BCUT2D eigenvalue weighted by atomic mass is 10.2. The predicted molar refractivity (Wildman–Crippen MR) is 85.4 cm³/mol. The van der Waals surface area contributed by atoms with Crippen molar-refractivity contribution in [3.63, 3.8) is 0 Å². The van der Waals surface area contributed by atoms with Gasteiger partial charge in [0.2, 0.25) is 0 Å². The van der Waals surface area contributed by atoms with Crippen molar-refractivity contribution in [1.29, 1.82) is 0 Å². The normalized spacial score (nSPS) is 14.3. The molecule has 112 valence electrons. The number of nitrogens with zero attached hydrogens (tertiary/aromatic N) is 1. The standard InChI is InChI=1S/C15H12NO4PS/c17-21(18,19)20-12-8-5-11(6-9-12)7-10-15-16-13-3-1-2-4-14(13)22-15/h1-10H,(H2,17,18,19)/p-1/b10-7+. The smallest absolute Gasteiger partial charge is 0.317 e. The fourth-order valence-electron chi connectivity index (χ4n) is 1.90. The molecular formula is C15H11NO4PS-. The van der Waals surface area contributed by atoms with E-state index in [0.717, 1.165) is 20.8 Å². The molecule has 0 bridgehead atoms. The Morgan fingerprint density at radius 1 is 1.14 bits per heavy atom. The highest BCUT2D eigenvalue weighted by atomic mass is 32.1. The second-order valence-corrected chi connectivity index (χ2v) is 6.66. The Balaban J connectivity index is 1.76. The summed E-state index contributed by atoms with van der Waals surface area (Å²) in [6, 6.07) is 14.2. The highest BCUT2D eigenvalue weighted by molar-refractivity contribution is 7.45. The van der Waals surface area contributed by atoms with Crippen LogP contribution in [-0.4, -0.2) is 9.88 Å². The number of aromatic nitrogens is 1. The highest BCUT2D eigenvalue weighted by Crippen LogP contribution is 2.33. The second-order valence-electron chi connectivity index (χ2n) is 4.48. The third kappa shape index (κ3) is 3.81. The number of para-hydroxylation sites is 1. The summed E-state index contributed by atoms with van der Waals surface area (Å²) in [5.41, 5.74) is 1.83. The first kappa shape index (κ1) is 14.9. The van der Waals surface area contributed by atoms with E-state index in [1.54, 1.807) is 23.5 Å². The third-order valence-electron chi connectivity index (χ3n) is 2.83. The van der Waals surface area contributed by atoms with Gasteiger partial charge in [0.15, 0.2) is 0 Å². The average molecular weight is 332 g/mol. The van der Waals surface area contributed by atoms with Crippen molar-refractivity contribution in [2.24, 2.45) is 0 Å². The fraction of sp³-hybridized carbons (Fsp3) is 0. The zero-order valence-electron chi connectivity index (χ0n) is 11.2. The quantitative estimate of drug-likeness (QED) is 0.741. The highest BCUT2D eigenvalue weighted by Gasteiger charge is 2.04. The summed E-state index contributed by atoms with van der Waals surface area (Å²) in [6.07, 6.45) is 3.77. The van der Waals surface area contributed by atoms with Crippen LogP contribution in [0.4, 0.5) is 0 Å². The van der Waals surface area contributed by atoms with Crippen LogP contribution >= 0.6 is 19.2 Å². The van der Waals surface area contributed by atoms with Crippen molar-refractivity contribution in [3.8, 4) is 5.75 Å². The van der Waals surface area contributed by atoms with Crippen molar-refractivity contribution in [3.05, 3.63) is 59.1 Å². The van der Waals surface area contributed by atoms with Gasteiger partial charge in [-0.15, -0.1) is 11.3 Å². The number of phosphoric ester groups is 1. The summed E-state index contributed by atoms with van der Waals surface area (Å²) < 4.78 is 16.1. The number of rotatable bonds is 4. The molecule has 0 amide bonds. The van der Waals surface area contributed by atoms with E-state index in [9.17, 15) is 9.46 Å². The molecule has 1 aromatic heterocycles. The minimum absolute atomic E-state index is 0.0676. The van der Waals surface area contributed by atoms with Gasteiger partial charge in [0.25, 0.3) is 0 Å². The Hall–Kier alpha value is -1.98. The van der Waals surface area contributed by atoms with E-state index in [1.807, 2.05) is 36.4 Å². The Morgan fingerprint density at radius 2 is 1.86 bits per heavy atom. The maximum absolute atomic E-state index is 10.6. The Morgan fingerprint density at radius 3 is 2.55 bits per heavy atom. The molecule has 0 radical (unpaired) electrons. The minimum Gasteiger partial charge on any atom is -0.746 e. The Kier molecular flexibility index (Phi) is 4.09. The first-order chi connectivity index (χ1) is 10.5. The first-order valence-corrected chi connectivity index (χ1v) is 8.68. The number of hydrogen-bond acceptors (Lipinski definition) is 5. The van der Waals surface area contributed by atoms with Gasteiger partial charge in [-0.1, -0.05) is 30.3 Å². The van der Waals surface area contributed by atoms with Gasteiger partial charge >= 0.3 is 7.82 Å². The maximum Gasteiger partial charge on any atom is 0.317 e. The summed E-state index contributed by atoms with van der Waals surface area (Å²) in [7, 11) is -4.76. The molecule has 0 aliphatic rings. The van der Waals surface area contributed by atoms with Gasteiger partial charge in [-0.25, -0.2) is 4.98 Å². The van der Waals surface area contributed by atoms with Crippen LogP contribution in [0.5, 0.6) is 5.75 Å². The number of benzene rings is 2. The molecular weight excluding hydrogens is 321 g/mol. The lowest BCUT2D eigenvalue weighted by Crippen LogP contribution is -2.05. The van der Waals surface area contributed by atoms with Crippen LogP contribution in [0.15, 0.2) is 48.5 Å². The molecule has 3 aromatic rings. The summed E-state index contributed by atoms with van der Waals surface area (Å²) in [5.74, 6) is 0.0676. The van der Waals surface area contributed by atoms with Crippen LogP contribution in [0.1, 0.15) is 10.6 Å². The lowest BCUT2D eigenvalue weighted by Gasteiger charge is -2.16. The van der Waals surface area contributed by atoms with E-state index in [1.165, 1.54) is 12.1 Å². The van der Waals surface area contributed by atoms with Crippen LogP contribution in [0, 0.1) is 0 Å². The predicted octanol–water partition coefficient (Wildman–Crippen LogP) is 3.31. The number of hydrogen-bond donors (Lipinski definition) is 1. The molecule has 22 heavy (non-hydrogen) atoms. The van der Waals surface area contributed by atoms with Crippen molar-refractivity contribution in [2.45, 2.75) is 0 Å². The molecule has 0 saturated heterocycles. The molecule has 1 unspecified atom stereocenters. The molecule has 3 rings (SSSR count). The van der Waals surface area contributed by atoms with Crippen molar-refractivity contribution >= 4 is 41.5 Å². The summed E-state index contributed by atoms with van der Waals surface area (Å²) >= 11 is 1.59. The molecule has 0 fully saturated rings. The van der Waals surface area contributed by atoms with E-state index in [-0.39, 0.29) is 5.75 Å². The van der Waals surface area contributed by atoms with E-state index in [4.69, 9.17) is 4.89 Å². The second kappa shape index (κ2) is 6.02. The SMILES string of the molecule is O=P([O-])(O)Oc1ccc(/C=C/c2nc3ccccc3s2)cc1. The molecule has 7 heteroatoms. The monoisotopic (exact) mass is 332 g/mol. The van der Waals surface area contributed by atoms with Gasteiger partial charge in [0, 0.05) is 0 Å². The van der Waals surface area contributed by atoms with Gasteiger partial charge in [-0.3, -0.25) is 4.57 Å². The van der Waals surface area contributed by atoms with E-state index < -0.39 is 7.82 Å². The van der Waals surface area contributed by atoms with Gasteiger partial charge in [0.1, 0.15) is 10.8 Å². The van der Waals surface area contributed by atoms with Crippen LogP contribution < -0.4 is 9.42 Å². The van der Waals surface area contributed by atoms with Crippen LogP contribution in [-0.2, 0) is 4.57 Å². The van der Waals surface area contributed by atoms with Crippen LogP contribution in [0.25, 0.3) is 22.4 Å². The molecule has 2 aromatic carbocycles. The van der Waals surface area contributed by atoms with E-state index in [0.29, 0.717) is 0 Å². The van der Waals surface area contributed by atoms with Gasteiger partial charge < -0.3 is 14.3 Å². The molecule has 1 heterocycles. The number of fused-ring (bicyclic) bond motifs is 1. The average Bonchev–Trinajstić information content (AvgIpc) is 2.88. The van der Waals surface area contributed by atoms with Crippen molar-refractivity contribution < 1.29 is 18.9 Å². The zero-order valence-corrected chi connectivity index (χ0v) is 13.0. The minimum atomic E-state index is -4.76.